The van der Waals surface area contributed by atoms with Crippen molar-refractivity contribution < 1.29 is 0 Å². The minimum Gasteiger partial charge on any atom is -0.105 e. The van der Waals surface area contributed by atoms with Crippen LogP contribution >= 0.6 is 17.2 Å². The molecule has 2 aliphatic rings. The molecule has 2 rings (SSSR count). The zero-order valence-corrected chi connectivity index (χ0v) is 6.59. The second-order valence-corrected chi connectivity index (χ2v) is 5.48. The molecule has 0 saturated carbocycles. The van der Waals surface area contributed by atoms with Crippen molar-refractivity contribution in [2.24, 2.45) is 5.92 Å². The summed E-state index contributed by atoms with van der Waals surface area (Å²) in [5.41, 5.74) is 0. The van der Waals surface area contributed by atoms with E-state index in [1.807, 2.05) is 0 Å². The van der Waals surface area contributed by atoms with Crippen LogP contribution in [0.1, 0.15) is 0 Å². The second kappa shape index (κ2) is 1.66. The van der Waals surface area contributed by atoms with Gasteiger partial charge in [-0.05, 0) is 11.2 Å². The van der Waals surface area contributed by atoms with Crippen LogP contribution in [0.2, 0.25) is 0 Å². The van der Waals surface area contributed by atoms with E-state index in [4.69, 9.17) is 0 Å². The Kier molecular flexibility index (Phi) is 1.07. The zero-order chi connectivity index (χ0) is 5.56. The van der Waals surface area contributed by atoms with Gasteiger partial charge in [0.05, 0.1) is 0 Å². The van der Waals surface area contributed by atoms with Gasteiger partial charge in [0, 0.05) is 5.92 Å². The Morgan fingerprint density at radius 1 is 1.75 bits per heavy atom. The molecule has 0 amide bonds. The molecular formula is C6H8P2. The summed E-state index contributed by atoms with van der Waals surface area (Å²) in [4.78, 5) is 0. The van der Waals surface area contributed by atoms with Gasteiger partial charge in [0.2, 0.25) is 0 Å². The highest BCUT2D eigenvalue weighted by Gasteiger charge is 2.24. The third-order valence-corrected chi connectivity index (χ3v) is 4.98. The van der Waals surface area contributed by atoms with Gasteiger partial charge >= 0.3 is 0 Å². The van der Waals surface area contributed by atoms with Gasteiger partial charge in [0.25, 0.3) is 0 Å². The first-order valence-electron chi connectivity index (χ1n) is 2.78. The van der Waals surface area contributed by atoms with Crippen molar-refractivity contribution in [3.63, 3.8) is 0 Å². The van der Waals surface area contributed by atoms with E-state index in [2.05, 4.69) is 27.2 Å². The maximum absolute atomic E-state index is 2.83. The van der Waals surface area contributed by atoms with Crippen molar-refractivity contribution in [2.75, 3.05) is 6.16 Å². The van der Waals surface area contributed by atoms with E-state index >= 15 is 0 Å². The van der Waals surface area contributed by atoms with Gasteiger partial charge < -0.3 is 0 Å². The molecule has 0 radical (unpaired) electrons. The first-order chi connectivity index (χ1) is 3.86. The predicted molar refractivity (Wildman–Crippen MR) is 42.2 cm³/mol. The molecule has 2 bridgehead atoms. The van der Waals surface area contributed by atoms with Crippen LogP contribution in [0.5, 0.6) is 0 Å². The van der Waals surface area contributed by atoms with Crippen LogP contribution in [0.25, 0.3) is 0 Å². The van der Waals surface area contributed by atoms with E-state index in [9.17, 15) is 0 Å². The largest absolute Gasteiger partial charge is 0.105 e. The minimum absolute atomic E-state index is 0.213. The van der Waals surface area contributed by atoms with Crippen molar-refractivity contribution in [3.05, 3.63) is 23.0 Å². The Balaban J connectivity index is 2.36. The summed E-state index contributed by atoms with van der Waals surface area (Å²) < 4.78 is 0. The minimum atomic E-state index is 0.213. The molecular weight excluding hydrogens is 134 g/mol. The highest BCUT2D eigenvalue weighted by molar-refractivity contribution is 7.73. The molecule has 2 heterocycles. The average molecular weight is 142 g/mol. The Labute approximate surface area is 53.0 Å². The summed E-state index contributed by atoms with van der Waals surface area (Å²) in [6.07, 6.45) is 6.11. The van der Waals surface area contributed by atoms with Crippen molar-refractivity contribution in [1.82, 2.24) is 0 Å². The molecule has 2 aliphatic heterocycles. The van der Waals surface area contributed by atoms with Crippen molar-refractivity contribution in [1.29, 1.82) is 0 Å². The molecule has 0 aromatic carbocycles. The molecule has 0 spiro atoms. The van der Waals surface area contributed by atoms with Crippen LogP contribution in [0.4, 0.5) is 0 Å². The van der Waals surface area contributed by atoms with E-state index in [1.54, 1.807) is 5.06 Å². The lowest BCUT2D eigenvalue weighted by Gasteiger charge is -2.00. The van der Waals surface area contributed by atoms with Gasteiger partial charge in [-0.3, -0.25) is 0 Å². The van der Waals surface area contributed by atoms with E-state index in [0.29, 0.717) is 0 Å². The zero-order valence-electron chi connectivity index (χ0n) is 4.54. The number of hydrogen-bond donors (Lipinski definition) is 0. The number of fused-ring (bicyclic) bond motifs is 2. The van der Waals surface area contributed by atoms with E-state index < -0.39 is 0 Å². The monoisotopic (exact) mass is 142 g/mol. The van der Waals surface area contributed by atoms with Gasteiger partial charge in [-0.1, -0.05) is 25.9 Å². The molecule has 0 nitrogen and oxygen atoms in total. The number of allylic oxidation sites excluding steroid dienone is 2. The molecule has 8 heavy (non-hydrogen) atoms. The number of hydrogen-bond acceptors (Lipinski definition) is 0. The standard InChI is InChI=1S/C6H8P2/c7-6-3-5-1-2-8(6)4-5/h1-3,5H,4,7H2. The summed E-state index contributed by atoms with van der Waals surface area (Å²) in [7, 11) is 3.04. The van der Waals surface area contributed by atoms with E-state index in [-0.39, 0.29) is 7.92 Å². The molecule has 0 saturated heterocycles. The molecule has 3 atom stereocenters. The Bertz CT molecular complexity index is 169. The van der Waals surface area contributed by atoms with E-state index in [1.165, 1.54) is 6.16 Å². The van der Waals surface area contributed by atoms with Crippen molar-refractivity contribution in [2.45, 2.75) is 0 Å². The fourth-order valence-corrected chi connectivity index (χ4v) is 4.00. The van der Waals surface area contributed by atoms with Crippen LogP contribution in [0, 0.1) is 5.92 Å². The van der Waals surface area contributed by atoms with Crippen LogP contribution in [0.3, 0.4) is 0 Å². The van der Waals surface area contributed by atoms with Crippen LogP contribution < -0.4 is 0 Å². The Morgan fingerprint density at radius 3 is 2.88 bits per heavy atom. The third-order valence-electron chi connectivity index (χ3n) is 1.64. The Morgan fingerprint density at radius 2 is 2.62 bits per heavy atom. The molecule has 0 N–H and O–H groups in total. The SMILES string of the molecule is PC1=CC2C=CP1C2. The Hall–Kier alpha value is 0.340. The predicted octanol–water partition coefficient (Wildman–Crippen LogP) is 2.34. The van der Waals surface area contributed by atoms with Gasteiger partial charge in [0.1, 0.15) is 0 Å². The van der Waals surface area contributed by atoms with Gasteiger partial charge in [-0.15, -0.1) is 9.24 Å². The lowest BCUT2D eigenvalue weighted by molar-refractivity contribution is 0.985. The molecule has 0 aromatic rings. The lowest BCUT2D eigenvalue weighted by atomic mass is 10.2. The molecule has 3 unspecified atom stereocenters. The van der Waals surface area contributed by atoms with Gasteiger partial charge in [0.15, 0.2) is 0 Å². The maximum atomic E-state index is 2.83. The summed E-state index contributed by atoms with van der Waals surface area (Å²) in [6, 6.07) is 0. The van der Waals surface area contributed by atoms with Gasteiger partial charge in [-0.25, -0.2) is 0 Å². The molecule has 2 heteroatoms. The molecule has 42 valence electrons. The fraction of sp³-hybridized carbons (Fsp3) is 0.333. The highest BCUT2D eigenvalue weighted by atomic mass is 31.2. The topological polar surface area (TPSA) is 0 Å². The van der Waals surface area contributed by atoms with Crippen LogP contribution in [0.15, 0.2) is 23.0 Å². The van der Waals surface area contributed by atoms with E-state index in [0.717, 1.165) is 5.92 Å². The van der Waals surface area contributed by atoms with Crippen molar-refractivity contribution in [3.8, 4) is 0 Å². The average Bonchev–Trinajstić information content (AvgIpc) is 2.23. The quantitative estimate of drug-likeness (QED) is 0.455. The summed E-state index contributed by atoms with van der Waals surface area (Å²) in [5, 5.41) is 1.56. The van der Waals surface area contributed by atoms with Crippen LogP contribution in [-0.2, 0) is 0 Å². The fourth-order valence-electron chi connectivity index (χ4n) is 1.18. The first kappa shape index (κ1) is 5.15. The summed E-state index contributed by atoms with van der Waals surface area (Å²) in [6.45, 7) is 0. The summed E-state index contributed by atoms with van der Waals surface area (Å²) >= 11 is 0. The first-order valence-corrected chi connectivity index (χ1v) is 4.96. The van der Waals surface area contributed by atoms with Gasteiger partial charge in [-0.2, -0.15) is 0 Å². The van der Waals surface area contributed by atoms with Crippen LogP contribution in [-0.4, -0.2) is 6.16 Å². The second-order valence-electron chi connectivity index (χ2n) is 2.25. The molecule has 0 fully saturated rings. The lowest BCUT2D eigenvalue weighted by Crippen LogP contribution is -1.82. The molecule has 0 aromatic heterocycles. The highest BCUT2D eigenvalue weighted by Crippen LogP contribution is 2.60. The smallest absolute Gasteiger partial charge is 0.000492 e. The molecule has 0 aliphatic carbocycles. The van der Waals surface area contributed by atoms with Crippen molar-refractivity contribution >= 4 is 17.2 Å². The normalized spacial score (nSPS) is 40.9. The maximum Gasteiger partial charge on any atom is 0.000492 e. The number of rotatable bonds is 0. The summed E-state index contributed by atoms with van der Waals surface area (Å²) in [5.74, 6) is 3.19. The third kappa shape index (κ3) is 0.601.